The van der Waals surface area contributed by atoms with Crippen molar-refractivity contribution in [2.75, 3.05) is 4.90 Å². The van der Waals surface area contributed by atoms with E-state index in [9.17, 15) is 0 Å². The van der Waals surface area contributed by atoms with Gasteiger partial charge in [0.15, 0.2) is 23.0 Å². The number of ether oxygens (including phenoxy) is 2. The van der Waals surface area contributed by atoms with Crippen molar-refractivity contribution in [2.45, 2.75) is 19.3 Å². The number of benzene rings is 6. The SMILES string of the molecule is CC1(C)c2ccccc2-c2ccc(N(c3ccc(-c4ccccc4)cc3)c3cccc4c3Oc3ccccc3O4)cc21. The van der Waals surface area contributed by atoms with Crippen molar-refractivity contribution in [3.05, 3.63) is 151 Å². The summed E-state index contributed by atoms with van der Waals surface area (Å²) < 4.78 is 12.9. The van der Waals surface area contributed by atoms with E-state index in [1.807, 2.05) is 42.5 Å². The zero-order valence-electron chi connectivity index (χ0n) is 23.5. The van der Waals surface area contributed by atoms with Gasteiger partial charge in [-0.05, 0) is 81.9 Å². The minimum atomic E-state index is -0.112. The van der Waals surface area contributed by atoms with E-state index in [-0.39, 0.29) is 5.41 Å². The number of hydrogen-bond acceptors (Lipinski definition) is 3. The van der Waals surface area contributed by atoms with Gasteiger partial charge in [-0.15, -0.1) is 0 Å². The minimum absolute atomic E-state index is 0.112. The second-order valence-corrected chi connectivity index (χ2v) is 11.4. The third-order valence-electron chi connectivity index (χ3n) is 8.54. The van der Waals surface area contributed by atoms with Crippen LogP contribution in [-0.4, -0.2) is 0 Å². The molecule has 1 aliphatic carbocycles. The molecule has 0 saturated carbocycles. The molecule has 2 aliphatic rings. The smallest absolute Gasteiger partial charge is 0.194 e. The first kappa shape index (κ1) is 24.5. The van der Waals surface area contributed by atoms with E-state index in [0.717, 1.165) is 22.8 Å². The molecule has 42 heavy (non-hydrogen) atoms. The second kappa shape index (κ2) is 9.39. The van der Waals surface area contributed by atoms with E-state index < -0.39 is 0 Å². The van der Waals surface area contributed by atoms with Crippen LogP contribution in [0.5, 0.6) is 23.0 Å². The predicted octanol–water partition coefficient (Wildman–Crippen LogP) is 11.0. The molecule has 1 heterocycles. The fourth-order valence-electron chi connectivity index (χ4n) is 6.40. The maximum atomic E-state index is 6.54. The van der Waals surface area contributed by atoms with Gasteiger partial charge in [0, 0.05) is 16.8 Å². The van der Waals surface area contributed by atoms with Gasteiger partial charge >= 0.3 is 0 Å². The van der Waals surface area contributed by atoms with Gasteiger partial charge < -0.3 is 14.4 Å². The molecule has 0 unspecified atom stereocenters. The standard InChI is InChI=1S/C39H29NO2/c1-39(2)32-14-7-6-13-30(32)31-24-23-29(25-33(31)39)40(28-21-19-27(20-22-28)26-11-4-3-5-12-26)34-15-10-18-37-38(34)42-36-17-9-8-16-35(36)41-37/h3-25H,1-2H3. The van der Waals surface area contributed by atoms with Gasteiger partial charge in [-0.1, -0.05) is 105 Å². The maximum absolute atomic E-state index is 6.54. The zero-order valence-corrected chi connectivity index (χ0v) is 23.5. The molecule has 6 aromatic rings. The lowest BCUT2D eigenvalue weighted by molar-refractivity contribution is 0.360. The molecular formula is C39H29NO2. The topological polar surface area (TPSA) is 21.7 Å². The molecular weight excluding hydrogens is 514 g/mol. The van der Waals surface area contributed by atoms with Crippen LogP contribution in [0.3, 0.4) is 0 Å². The van der Waals surface area contributed by atoms with Crippen LogP contribution in [0.1, 0.15) is 25.0 Å². The van der Waals surface area contributed by atoms with Crippen LogP contribution in [-0.2, 0) is 5.41 Å². The molecule has 8 rings (SSSR count). The molecule has 0 amide bonds. The highest BCUT2D eigenvalue weighted by molar-refractivity contribution is 5.88. The first-order chi connectivity index (χ1) is 20.6. The van der Waals surface area contributed by atoms with Crippen molar-refractivity contribution in [1.29, 1.82) is 0 Å². The van der Waals surface area contributed by atoms with E-state index in [1.165, 1.54) is 33.4 Å². The van der Waals surface area contributed by atoms with E-state index in [1.54, 1.807) is 0 Å². The Balaban J connectivity index is 1.30. The van der Waals surface area contributed by atoms with Gasteiger partial charge in [0.25, 0.3) is 0 Å². The lowest BCUT2D eigenvalue weighted by atomic mass is 9.82. The molecule has 202 valence electrons. The summed E-state index contributed by atoms with van der Waals surface area (Å²) in [4.78, 5) is 2.28. The number of rotatable bonds is 4. The lowest BCUT2D eigenvalue weighted by Crippen LogP contribution is -2.17. The van der Waals surface area contributed by atoms with Gasteiger partial charge in [-0.25, -0.2) is 0 Å². The number of fused-ring (bicyclic) bond motifs is 5. The molecule has 0 saturated heterocycles. The zero-order chi connectivity index (χ0) is 28.3. The van der Waals surface area contributed by atoms with Crippen molar-refractivity contribution in [3.63, 3.8) is 0 Å². The Kier molecular flexibility index (Phi) is 5.48. The third kappa shape index (κ3) is 3.82. The molecule has 0 atom stereocenters. The molecule has 0 radical (unpaired) electrons. The molecule has 0 spiro atoms. The number of para-hydroxylation sites is 3. The fraction of sp³-hybridized carbons (Fsp3) is 0.0769. The van der Waals surface area contributed by atoms with E-state index >= 15 is 0 Å². The van der Waals surface area contributed by atoms with Crippen molar-refractivity contribution in [3.8, 4) is 45.3 Å². The Labute approximate surface area is 246 Å². The van der Waals surface area contributed by atoms with Crippen LogP contribution in [0.25, 0.3) is 22.3 Å². The van der Waals surface area contributed by atoms with Gasteiger partial charge in [0.1, 0.15) is 0 Å². The normalized spacial score (nSPS) is 13.6. The third-order valence-corrected chi connectivity index (χ3v) is 8.54. The van der Waals surface area contributed by atoms with Gasteiger partial charge in [0.2, 0.25) is 0 Å². The number of hydrogen-bond donors (Lipinski definition) is 0. The van der Waals surface area contributed by atoms with Crippen LogP contribution in [0, 0.1) is 0 Å². The van der Waals surface area contributed by atoms with Crippen LogP contribution in [0.2, 0.25) is 0 Å². The average Bonchev–Trinajstić information content (AvgIpc) is 3.27. The average molecular weight is 544 g/mol. The molecule has 0 fully saturated rings. The van der Waals surface area contributed by atoms with Crippen molar-refractivity contribution >= 4 is 17.1 Å². The van der Waals surface area contributed by atoms with E-state index in [0.29, 0.717) is 17.2 Å². The van der Waals surface area contributed by atoms with Gasteiger partial charge in [-0.3, -0.25) is 0 Å². The molecule has 3 nitrogen and oxygen atoms in total. The fourth-order valence-corrected chi connectivity index (χ4v) is 6.40. The highest BCUT2D eigenvalue weighted by Gasteiger charge is 2.36. The predicted molar refractivity (Wildman–Crippen MR) is 171 cm³/mol. The quantitative estimate of drug-likeness (QED) is 0.220. The first-order valence-electron chi connectivity index (χ1n) is 14.4. The summed E-state index contributed by atoms with van der Waals surface area (Å²) in [6, 6.07) is 48.7. The summed E-state index contributed by atoms with van der Waals surface area (Å²) >= 11 is 0. The summed E-state index contributed by atoms with van der Waals surface area (Å²) in [5, 5.41) is 0. The van der Waals surface area contributed by atoms with Crippen LogP contribution in [0.4, 0.5) is 17.1 Å². The largest absolute Gasteiger partial charge is 0.449 e. The molecule has 3 heteroatoms. The summed E-state index contributed by atoms with van der Waals surface area (Å²) in [5.74, 6) is 2.83. The second-order valence-electron chi connectivity index (χ2n) is 11.4. The van der Waals surface area contributed by atoms with Gasteiger partial charge in [0.05, 0.1) is 5.69 Å². The lowest BCUT2D eigenvalue weighted by Gasteiger charge is -2.31. The molecule has 0 bridgehead atoms. The van der Waals surface area contributed by atoms with Crippen LogP contribution >= 0.6 is 0 Å². The summed E-state index contributed by atoms with van der Waals surface area (Å²) in [5.41, 5.74) is 10.6. The minimum Gasteiger partial charge on any atom is -0.449 e. The summed E-state index contributed by atoms with van der Waals surface area (Å²) in [6.07, 6.45) is 0. The van der Waals surface area contributed by atoms with Crippen LogP contribution in [0.15, 0.2) is 140 Å². The molecule has 0 aromatic heterocycles. The maximum Gasteiger partial charge on any atom is 0.194 e. The Hall–Kier alpha value is -5.28. The Morgan fingerprint density at radius 2 is 1.10 bits per heavy atom. The van der Waals surface area contributed by atoms with Crippen molar-refractivity contribution in [2.24, 2.45) is 0 Å². The highest BCUT2D eigenvalue weighted by Crippen LogP contribution is 2.54. The number of anilines is 3. The Morgan fingerprint density at radius 1 is 0.476 bits per heavy atom. The van der Waals surface area contributed by atoms with Crippen molar-refractivity contribution < 1.29 is 9.47 Å². The van der Waals surface area contributed by atoms with E-state index in [2.05, 4.69) is 116 Å². The first-order valence-corrected chi connectivity index (χ1v) is 14.4. The summed E-state index contributed by atoms with van der Waals surface area (Å²) in [7, 11) is 0. The summed E-state index contributed by atoms with van der Waals surface area (Å²) in [6.45, 7) is 4.64. The van der Waals surface area contributed by atoms with E-state index in [4.69, 9.17) is 9.47 Å². The Bertz CT molecular complexity index is 1960. The monoisotopic (exact) mass is 543 g/mol. The molecule has 1 aliphatic heterocycles. The Morgan fingerprint density at radius 3 is 1.90 bits per heavy atom. The van der Waals surface area contributed by atoms with Crippen LogP contribution < -0.4 is 14.4 Å². The number of nitrogens with zero attached hydrogens (tertiary/aromatic N) is 1. The molecule has 6 aromatic carbocycles. The van der Waals surface area contributed by atoms with Gasteiger partial charge in [-0.2, -0.15) is 0 Å². The highest BCUT2D eigenvalue weighted by atomic mass is 16.6. The van der Waals surface area contributed by atoms with Crippen molar-refractivity contribution in [1.82, 2.24) is 0 Å². The molecule has 0 N–H and O–H groups in total.